The van der Waals surface area contributed by atoms with Crippen LogP contribution in [0.25, 0.3) is 54.6 Å². The van der Waals surface area contributed by atoms with Crippen molar-refractivity contribution in [2.24, 2.45) is 0 Å². The Morgan fingerprint density at radius 3 is 2.10 bits per heavy atom. The van der Waals surface area contributed by atoms with E-state index in [1.165, 1.54) is 81.8 Å². The average Bonchev–Trinajstić information content (AvgIpc) is 3.57. The van der Waals surface area contributed by atoms with Crippen LogP contribution < -0.4 is 5.32 Å². The Morgan fingerprint density at radius 1 is 0.571 bits per heavy atom. The second kappa shape index (κ2) is 8.74. The molecule has 2 heteroatoms. The summed E-state index contributed by atoms with van der Waals surface area (Å²) in [6, 6.07) is 47.4. The molecule has 2 aliphatic rings. The van der Waals surface area contributed by atoms with Crippen molar-refractivity contribution in [3.8, 4) is 22.3 Å². The molecular formula is C40H29NS. The molecule has 1 nitrogen and oxygen atoms in total. The first kappa shape index (κ1) is 24.1. The van der Waals surface area contributed by atoms with Gasteiger partial charge in [-0.2, -0.15) is 0 Å². The van der Waals surface area contributed by atoms with E-state index in [1.54, 1.807) is 0 Å². The summed E-state index contributed by atoms with van der Waals surface area (Å²) in [7, 11) is 0. The molecule has 0 amide bonds. The molecule has 200 valence electrons. The number of hydrogen-bond acceptors (Lipinski definition) is 2. The quantitative estimate of drug-likeness (QED) is 0.213. The Balaban J connectivity index is 1.18. The van der Waals surface area contributed by atoms with Crippen LogP contribution in [0, 0.1) is 0 Å². The van der Waals surface area contributed by atoms with Gasteiger partial charge in [-0.3, -0.25) is 0 Å². The first-order valence-electron chi connectivity index (χ1n) is 14.7. The van der Waals surface area contributed by atoms with E-state index in [0.29, 0.717) is 0 Å². The fraction of sp³-hybridized carbons (Fsp3) is 0.100. The maximum absolute atomic E-state index is 3.77. The van der Waals surface area contributed by atoms with Crippen LogP contribution in [-0.2, 0) is 5.41 Å². The number of nitrogens with one attached hydrogen (secondary N) is 1. The van der Waals surface area contributed by atoms with Crippen LogP contribution in [0.1, 0.15) is 35.9 Å². The van der Waals surface area contributed by atoms with Crippen LogP contribution in [0.2, 0.25) is 0 Å². The lowest BCUT2D eigenvalue weighted by atomic mass is 9.81. The van der Waals surface area contributed by atoms with E-state index in [-0.39, 0.29) is 10.8 Å². The van der Waals surface area contributed by atoms with Gasteiger partial charge in [0.25, 0.3) is 0 Å². The summed E-state index contributed by atoms with van der Waals surface area (Å²) in [4.78, 5) is 1.35. The van der Waals surface area contributed by atoms with Crippen molar-refractivity contribution in [1.82, 2.24) is 0 Å². The van der Waals surface area contributed by atoms with Gasteiger partial charge in [0.2, 0.25) is 0 Å². The predicted octanol–water partition coefficient (Wildman–Crippen LogP) is 11.3. The number of benzene rings is 7. The van der Waals surface area contributed by atoms with E-state index in [2.05, 4.69) is 147 Å². The monoisotopic (exact) mass is 555 g/mol. The molecule has 42 heavy (non-hydrogen) atoms. The smallest absolute Gasteiger partial charge is 0.103 e. The Morgan fingerprint density at radius 2 is 1.24 bits per heavy atom. The van der Waals surface area contributed by atoms with Gasteiger partial charge < -0.3 is 5.32 Å². The highest BCUT2D eigenvalue weighted by molar-refractivity contribution is 8.00. The van der Waals surface area contributed by atoms with Gasteiger partial charge in [-0.25, -0.2) is 0 Å². The molecule has 0 spiro atoms. The van der Waals surface area contributed by atoms with Gasteiger partial charge in [-0.15, -0.1) is 0 Å². The van der Waals surface area contributed by atoms with E-state index in [9.17, 15) is 0 Å². The summed E-state index contributed by atoms with van der Waals surface area (Å²) < 4.78 is 0. The molecular weight excluding hydrogens is 527 g/mol. The van der Waals surface area contributed by atoms with E-state index < -0.39 is 0 Å². The van der Waals surface area contributed by atoms with Crippen molar-refractivity contribution in [1.29, 1.82) is 0 Å². The molecule has 1 heterocycles. The molecule has 0 aromatic heterocycles. The SMILES string of the molecule is CC1(C)c2cc(-c3ccc4ccc5ccc6c(c5c4c3)SC(c3ccccc3)N6)ccc2-c2cc3ccccc3cc21. The summed E-state index contributed by atoms with van der Waals surface area (Å²) in [6.45, 7) is 4.75. The van der Waals surface area contributed by atoms with Gasteiger partial charge in [-0.05, 0) is 96.2 Å². The van der Waals surface area contributed by atoms with Crippen molar-refractivity contribution in [3.05, 3.63) is 144 Å². The van der Waals surface area contributed by atoms with Crippen molar-refractivity contribution >= 4 is 49.8 Å². The van der Waals surface area contributed by atoms with Gasteiger partial charge in [-0.1, -0.05) is 123 Å². The molecule has 1 atom stereocenters. The number of hydrogen-bond donors (Lipinski definition) is 1. The maximum atomic E-state index is 3.77. The van der Waals surface area contributed by atoms with E-state index in [1.807, 2.05) is 11.8 Å². The summed E-state index contributed by atoms with van der Waals surface area (Å²) in [5, 5.41) is 11.9. The van der Waals surface area contributed by atoms with Gasteiger partial charge >= 0.3 is 0 Å². The molecule has 7 aromatic rings. The van der Waals surface area contributed by atoms with Crippen LogP contribution in [0.15, 0.2) is 132 Å². The molecule has 0 saturated heterocycles. The van der Waals surface area contributed by atoms with Crippen LogP contribution in [0.3, 0.4) is 0 Å². The topological polar surface area (TPSA) is 12.0 Å². The van der Waals surface area contributed by atoms with Crippen molar-refractivity contribution in [2.45, 2.75) is 29.5 Å². The zero-order valence-electron chi connectivity index (χ0n) is 23.6. The predicted molar refractivity (Wildman–Crippen MR) is 181 cm³/mol. The van der Waals surface area contributed by atoms with Gasteiger partial charge in [0.1, 0.15) is 5.37 Å². The fourth-order valence-electron chi connectivity index (χ4n) is 7.20. The lowest BCUT2D eigenvalue weighted by Gasteiger charge is -2.22. The Hall–Kier alpha value is -4.53. The standard InChI is InChI=1S/C40H29NS/c1-40(2)34-23-30(16-18-31(34)33-21-27-10-6-7-11-28(27)22-35(33)40)29-15-13-24-12-14-25-17-19-36-38(37(25)32(24)20-29)42-39(41-36)26-8-4-3-5-9-26/h3-23,39,41H,1-2H3. The summed E-state index contributed by atoms with van der Waals surface area (Å²) in [5.74, 6) is 0. The number of thioether (sulfide) groups is 1. The zero-order valence-corrected chi connectivity index (χ0v) is 24.4. The average molecular weight is 556 g/mol. The third kappa shape index (κ3) is 3.45. The number of fused-ring (bicyclic) bond motifs is 9. The first-order valence-corrected chi connectivity index (χ1v) is 15.6. The van der Waals surface area contributed by atoms with Crippen LogP contribution in [0.5, 0.6) is 0 Å². The normalized spacial score (nSPS) is 16.4. The van der Waals surface area contributed by atoms with Crippen LogP contribution in [0.4, 0.5) is 5.69 Å². The molecule has 1 unspecified atom stereocenters. The molecule has 0 fully saturated rings. The molecule has 0 saturated carbocycles. The summed E-state index contributed by atoms with van der Waals surface area (Å²) in [5.41, 5.74) is 10.6. The highest BCUT2D eigenvalue weighted by Gasteiger charge is 2.36. The Labute approximate surface area is 250 Å². The van der Waals surface area contributed by atoms with E-state index in [4.69, 9.17) is 0 Å². The second-order valence-corrected chi connectivity index (χ2v) is 13.3. The largest absolute Gasteiger partial charge is 0.368 e. The third-order valence-corrected chi connectivity index (χ3v) is 10.7. The molecule has 1 aliphatic heterocycles. The number of anilines is 1. The van der Waals surface area contributed by atoms with Gasteiger partial charge in [0, 0.05) is 21.4 Å². The highest BCUT2D eigenvalue weighted by Crippen LogP contribution is 2.53. The summed E-state index contributed by atoms with van der Waals surface area (Å²) >= 11 is 1.93. The van der Waals surface area contributed by atoms with Crippen LogP contribution >= 0.6 is 11.8 Å². The maximum Gasteiger partial charge on any atom is 0.103 e. The lowest BCUT2D eigenvalue weighted by molar-refractivity contribution is 0.661. The van der Waals surface area contributed by atoms with Crippen LogP contribution in [-0.4, -0.2) is 0 Å². The van der Waals surface area contributed by atoms with Crippen molar-refractivity contribution < 1.29 is 0 Å². The first-order chi connectivity index (χ1) is 20.5. The van der Waals surface area contributed by atoms with E-state index >= 15 is 0 Å². The minimum atomic E-state index is -0.0517. The summed E-state index contributed by atoms with van der Waals surface area (Å²) in [6.07, 6.45) is 0. The molecule has 1 aliphatic carbocycles. The second-order valence-electron chi connectivity index (χ2n) is 12.2. The molecule has 1 N–H and O–H groups in total. The Kier molecular flexibility index (Phi) is 5.01. The lowest BCUT2D eigenvalue weighted by Crippen LogP contribution is -2.15. The number of rotatable bonds is 2. The van der Waals surface area contributed by atoms with Gasteiger partial charge in [0.15, 0.2) is 0 Å². The minimum Gasteiger partial charge on any atom is -0.368 e. The molecule has 7 aromatic carbocycles. The van der Waals surface area contributed by atoms with Crippen molar-refractivity contribution in [3.63, 3.8) is 0 Å². The molecule has 0 bridgehead atoms. The fourth-order valence-corrected chi connectivity index (χ4v) is 8.51. The molecule has 0 radical (unpaired) electrons. The zero-order chi connectivity index (χ0) is 28.0. The highest BCUT2D eigenvalue weighted by atomic mass is 32.2. The minimum absolute atomic E-state index is 0.0517. The van der Waals surface area contributed by atoms with E-state index in [0.717, 1.165) is 0 Å². The van der Waals surface area contributed by atoms with Gasteiger partial charge in [0.05, 0.1) is 0 Å². The van der Waals surface area contributed by atoms with Crippen molar-refractivity contribution in [2.75, 3.05) is 5.32 Å². The third-order valence-electron chi connectivity index (χ3n) is 9.46. The molecule has 9 rings (SSSR count). The Bertz CT molecular complexity index is 2230.